The second kappa shape index (κ2) is 7.41. The second-order valence-corrected chi connectivity index (χ2v) is 4.06. The van der Waals surface area contributed by atoms with Crippen LogP contribution in [0.1, 0.15) is 13.3 Å². The summed E-state index contributed by atoms with van der Waals surface area (Å²) in [5.41, 5.74) is 0. The van der Waals surface area contributed by atoms with Gasteiger partial charge < -0.3 is 15.1 Å². The summed E-state index contributed by atoms with van der Waals surface area (Å²) < 4.78 is 0. The number of carbonyl (C=O) groups is 1. The maximum Gasteiger partial charge on any atom is 0.223 e. The van der Waals surface area contributed by atoms with Crippen LogP contribution in [-0.4, -0.2) is 61.5 Å². The first-order chi connectivity index (χ1) is 7.77. The van der Waals surface area contributed by atoms with E-state index in [1.54, 1.807) is 0 Å². The molecular weight excluding hydrogens is 202 g/mol. The Balaban J connectivity index is 2.15. The van der Waals surface area contributed by atoms with Gasteiger partial charge in [-0.25, -0.2) is 0 Å². The van der Waals surface area contributed by atoms with Gasteiger partial charge in [-0.1, -0.05) is 13.0 Å². The van der Waals surface area contributed by atoms with Crippen molar-refractivity contribution in [3.05, 3.63) is 12.7 Å². The zero-order valence-electron chi connectivity index (χ0n) is 10.2. The van der Waals surface area contributed by atoms with Crippen molar-refractivity contribution in [1.82, 2.24) is 15.1 Å². The maximum atomic E-state index is 11.8. The Kier molecular flexibility index (Phi) is 6.11. The van der Waals surface area contributed by atoms with Crippen LogP contribution in [-0.2, 0) is 4.79 Å². The highest BCUT2D eigenvalue weighted by atomic mass is 16.2. The van der Waals surface area contributed by atoms with Gasteiger partial charge in [-0.05, 0) is 6.54 Å². The van der Waals surface area contributed by atoms with Gasteiger partial charge in [0.15, 0.2) is 0 Å². The molecule has 4 heteroatoms. The molecule has 0 aromatic carbocycles. The molecule has 1 heterocycles. The number of rotatable bonds is 6. The molecule has 4 nitrogen and oxygen atoms in total. The molecule has 0 atom stereocenters. The van der Waals surface area contributed by atoms with Crippen LogP contribution in [0.2, 0.25) is 0 Å². The van der Waals surface area contributed by atoms with E-state index in [0.29, 0.717) is 6.42 Å². The summed E-state index contributed by atoms with van der Waals surface area (Å²) in [7, 11) is 0. The van der Waals surface area contributed by atoms with Gasteiger partial charge in [0.1, 0.15) is 0 Å². The molecule has 1 rings (SSSR count). The van der Waals surface area contributed by atoms with Crippen molar-refractivity contribution in [2.45, 2.75) is 13.3 Å². The third-order valence-corrected chi connectivity index (χ3v) is 2.98. The van der Waals surface area contributed by atoms with Crippen molar-refractivity contribution in [2.75, 3.05) is 45.8 Å². The average molecular weight is 225 g/mol. The van der Waals surface area contributed by atoms with Gasteiger partial charge in [0.2, 0.25) is 5.91 Å². The van der Waals surface area contributed by atoms with E-state index in [0.717, 1.165) is 45.8 Å². The minimum Gasteiger partial charge on any atom is -0.340 e. The number of likely N-dealkylation sites (N-methyl/N-ethyl adjacent to an activating group) is 1. The Morgan fingerprint density at radius 1 is 1.38 bits per heavy atom. The van der Waals surface area contributed by atoms with E-state index >= 15 is 0 Å². The topological polar surface area (TPSA) is 35.6 Å². The Morgan fingerprint density at radius 2 is 2.06 bits per heavy atom. The van der Waals surface area contributed by atoms with Crippen molar-refractivity contribution in [3.8, 4) is 0 Å². The minimum atomic E-state index is 0.271. The van der Waals surface area contributed by atoms with Crippen LogP contribution in [0.5, 0.6) is 0 Å². The molecular formula is C12H23N3O. The zero-order valence-corrected chi connectivity index (χ0v) is 10.2. The molecule has 16 heavy (non-hydrogen) atoms. The molecule has 0 bridgehead atoms. The molecule has 1 fully saturated rings. The Bertz CT molecular complexity index is 222. The van der Waals surface area contributed by atoms with E-state index < -0.39 is 0 Å². The second-order valence-electron chi connectivity index (χ2n) is 4.06. The van der Waals surface area contributed by atoms with Crippen molar-refractivity contribution >= 4 is 5.91 Å². The first kappa shape index (κ1) is 13.2. The quantitative estimate of drug-likeness (QED) is 0.522. The molecule has 1 aliphatic heterocycles. The summed E-state index contributed by atoms with van der Waals surface area (Å²) in [6.07, 6.45) is 2.41. The summed E-state index contributed by atoms with van der Waals surface area (Å²) in [5.74, 6) is 0.271. The normalized spacial score (nSPS) is 17.4. The number of nitrogens with zero attached hydrogens (tertiary/aromatic N) is 2. The van der Waals surface area contributed by atoms with Crippen LogP contribution >= 0.6 is 0 Å². The lowest BCUT2D eigenvalue weighted by Crippen LogP contribution is -2.48. The predicted molar refractivity (Wildman–Crippen MR) is 66.4 cm³/mol. The standard InChI is InChI=1S/C12H23N3O/c1-3-6-13-7-5-12(16)15-10-8-14(4-2)9-11-15/h3,13H,1,4-11H2,2H3. The average Bonchev–Trinajstić information content (AvgIpc) is 2.34. The molecule has 1 amide bonds. The highest BCUT2D eigenvalue weighted by Gasteiger charge is 2.19. The van der Waals surface area contributed by atoms with Crippen LogP contribution in [0, 0.1) is 0 Å². The largest absolute Gasteiger partial charge is 0.340 e. The fraction of sp³-hybridized carbons (Fsp3) is 0.750. The van der Waals surface area contributed by atoms with Gasteiger partial charge in [0.05, 0.1) is 0 Å². The molecule has 0 aliphatic carbocycles. The molecule has 0 radical (unpaired) electrons. The minimum absolute atomic E-state index is 0.271. The van der Waals surface area contributed by atoms with Crippen molar-refractivity contribution in [1.29, 1.82) is 0 Å². The summed E-state index contributed by atoms with van der Waals surface area (Å²) in [5, 5.41) is 3.15. The Morgan fingerprint density at radius 3 is 2.62 bits per heavy atom. The van der Waals surface area contributed by atoms with E-state index in [9.17, 15) is 4.79 Å². The van der Waals surface area contributed by atoms with Gasteiger partial charge in [0.25, 0.3) is 0 Å². The van der Waals surface area contributed by atoms with Crippen LogP contribution in [0.25, 0.3) is 0 Å². The smallest absolute Gasteiger partial charge is 0.223 e. The molecule has 0 aromatic heterocycles. The molecule has 1 aliphatic rings. The SMILES string of the molecule is C=CCNCCC(=O)N1CCN(CC)CC1. The maximum absolute atomic E-state index is 11.8. The van der Waals surface area contributed by atoms with Crippen LogP contribution < -0.4 is 5.32 Å². The van der Waals surface area contributed by atoms with Gasteiger partial charge in [0, 0.05) is 45.7 Å². The number of piperazine rings is 1. The third kappa shape index (κ3) is 4.33. The van der Waals surface area contributed by atoms with E-state index in [1.807, 2.05) is 11.0 Å². The van der Waals surface area contributed by atoms with Crippen molar-refractivity contribution < 1.29 is 4.79 Å². The Hall–Kier alpha value is -0.870. The number of hydrogen-bond acceptors (Lipinski definition) is 3. The molecule has 0 aromatic rings. The molecule has 1 saturated heterocycles. The molecule has 1 N–H and O–H groups in total. The molecule has 0 unspecified atom stereocenters. The zero-order chi connectivity index (χ0) is 11.8. The summed E-state index contributed by atoms with van der Waals surface area (Å²) in [6.45, 7) is 12.2. The third-order valence-electron chi connectivity index (χ3n) is 2.98. The molecule has 0 spiro atoms. The fourth-order valence-corrected chi connectivity index (χ4v) is 1.87. The molecule has 92 valence electrons. The summed E-state index contributed by atoms with van der Waals surface area (Å²) >= 11 is 0. The van der Waals surface area contributed by atoms with Crippen LogP contribution in [0.15, 0.2) is 12.7 Å². The number of hydrogen-bond donors (Lipinski definition) is 1. The van der Waals surface area contributed by atoms with Gasteiger partial charge in [-0.15, -0.1) is 6.58 Å². The predicted octanol–water partition coefficient (Wildman–Crippen LogP) is 0.316. The van der Waals surface area contributed by atoms with E-state index in [2.05, 4.69) is 23.7 Å². The first-order valence-electron chi connectivity index (χ1n) is 6.09. The summed E-state index contributed by atoms with van der Waals surface area (Å²) in [6, 6.07) is 0. The molecule has 0 saturated carbocycles. The number of amides is 1. The highest BCUT2D eigenvalue weighted by molar-refractivity contribution is 5.76. The number of carbonyl (C=O) groups excluding carboxylic acids is 1. The number of nitrogens with one attached hydrogen (secondary N) is 1. The first-order valence-corrected chi connectivity index (χ1v) is 6.09. The Labute approximate surface area is 98.3 Å². The summed E-state index contributed by atoms with van der Waals surface area (Å²) in [4.78, 5) is 16.1. The van der Waals surface area contributed by atoms with Gasteiger partial charge in [-0.3, -0.25) is 4.79 Å². The van der Waals surface area contributed by atoms with Crippen molar-refractivity contribution in [2.24, 2.45) is 0 Å². The van der Waals surface area contributed by atoms with Crippen LogP contribution in [0.3, 0.4) is 0 Å². The van der Waals surface area contributed by atoms with E-state index in [1.165, 1.54) is 0 Å². The lowest BCUT2D eigenvalue weighted by atomic mass is 10.2. The lowest BCUT2D eigenvalue weighted by molar-refractivity contribution is -0.132. The fourth-order valence-electron chi connectivity index (χ4n) is 1.87. The lowest BCUT2D eigenvalue weighted by Gasteiger charge is -2.34. The van der Waals surface area contributed by atoms with E-state index in [-0.39, 0.29) is 5.91 Å². The van der Waals surface area contributed by atoms with Gasteiger partial charge in [-0.2, -0.15) is 0 Å². The highest BCUT2D eigenvalue weighted by Crippen LogP contribution is 2.02. The van der Waals surface area contributed by atoms with Crippen molar-refractivity contribution in [3.63, 3.8) is 0 Å². The monoisotopic (exact) mass is 225 g/mol. The van der Waals surface area contributed by atoms with E-state index in [4.69, 9.17) is 0 Å². The van der Waals surface area contributed by atoms with Crippen LogP contribution in [0.4, 0.5) is 0 Å². The van der Waals surface area contributed by atoms with Gasteiger partial charge >= 0.3 is 0 Å².